The monoisotopic (exact) mass is 1770 g/mol. The molecule has 11 amide bonds. The predicted molar refractivity (Wildman–Crippen MR) is 476 cm³/mol. The zero-order valence-electron chi connectivity index (χ0n) is 81.0. The molecule has 0 bridgehead atoms. The number of carbonyl (C=O) groups excluding carboxylic acids is 14. The number of nitrogens with zero attached hydrogens (tertiary/aromatic N) is 6. The maximum Gasteiger partial charge on any atom is 0.334 e. The molecule has 1 aliphatic carbocycles. The summed E-state index contributed by atoms with van der Waals surface area (Å²) in [6.45, 7) is 48.7. The minimum Gasteiger partial charge on any atom is -0.465 e. The normalized spacial score (nSPS) is 22.0. The van der Waals surface area contributed by atoms with Gasteiger partial charge in [-0.05, 0) is 149 Å². The second-order valence-electron chi connectivity index (χ2n) is 35.8. The Balaban J connectivity index is 0. The van der Waals surface area contributed by atoms with Gasteiger partial charge in [-0.15, -0.1) is 0 Å². The second kappa shape index (κ2) is 53.5. The quantitative estimate of drug-likeness (QED) is 0.0247. The highest BCUT2D eigenvalue weighted by Gasteiger charge is 2.47. The van der Waals surface area contributed by atoms with Gasteiger partial charge < -0.3 is 45.7 Å². The largest absolute Gasteiger partial charge is 0.465 e. The summed E-state index contributed by atoms with van der Waals surface area (Å²) in [6.07, 6.45) is 11.2. The highest BCUT2D eigenvalue weighted by atomic mass is 28.4. The summed E-state index contributed by atoms with van der Waals surface area (Å²) in [5, 5.41) is 0. The third kappa shape index (κ3) is 35.3. The van der Waals surface area contributed by atoms with Crippen LogP contribution in [0.5, 0.6) is 0 Å². The molecule has 5 heterocycles. The summed E-state index contributed by atoms with van der Waals surface area (Å²) >= 11 is 0. The minimum atomic E-state index is -2.01. The second-order valence-corrected chi connectivity index (χ2v) is 46.5. The summed E-state index contributed by atoms with van der Waals surface area (Å²) in [5.41, 5.74) is -0.678. The number of carbonyl (C=O) groups is 14. The van der Waals surface area contributed by atoms with Gasteiger partial charge in [0.15, 0.2) is 0 Å². The van der Waals surface area contributed by atoms with Crippen molar-refractivity contribution < 1.29 is 108 Å². The first-order valence-electron chi connectivity index (χ1n) is 43.0. The maximum absolute atomic E-state index is 11.9. The Kier molecular flexibility index (Phi) is 51.4. The lowest BCUT2D eigenvalue weighted by atomic mass is 9.89. The van der Waals surface area contributed by atoms with Gasteiger partial charge in [-0.1, -0.05) is 148 Å². The topological polar surface area (TPSA) is 341 Å². The molecule has 0 aromatic heterocycles. The van der Waals surface area contributed by atoms with Crippen LogP contribution in [0, 0.1) is 80.8 Å². The van der Waals surface area contributed by atoms with E-state index in [1.807, 2.05) is 135 Å². The van der Waals surface area contributed by atoms with E-state index in [1.165, 1.54) is 47.2 Å². The van der Waals surface area contributed by atoms with Gasteiger partial charge in [0.2, 0.25) is 65.0 Å². The third-order valence-corrected chi connectivity index (χ3v) is 34.3. The molecule has 121 heavy (non-hydrogen) atoms. The van der Waals surface area contributed by atoms with E-state index >= 15 is 0 Å². The summed E-state index contributed by atoms with van der Waals surface area (Å²) in [5.74, 6) is -2.02. The first kappa shape index (κ1) is 116. The van der Waals surface area contributed by atoms with E-state index in [0.717, 1.165) is 88.8 Å². The van der Waals surface area contributed by atoms with E-state index < -0.39 is 25.7 Å². The fourth-order valence-corrected chi connectivity index (χ4v) is 16.3. The highest BCUT2D eigenvalue weighted by molar-refractivity contribution is 6.66. The van der Waals surface area contributed by atoms with E-state index in [9.17, 15) is 67.1 Å². The number of esters is 3. The van der Waals surface area contributed by atoms with Crippen LogP contribution >= 0.6 is 0 Å². The van der Waals surface area contributed by atoms with Crippen LogP contribution in [0.15, 0.2) is 30.3 Å². The lowest BCUT2D eigenvalue weighted by Gasteiger charge is -2.29. The average Bonchev–Trinajstić information content (AvgIpc) is 1.65. The average molecular weight is 1770 g/mol. The van der Waals surface area contributed by atoms with Gasteiger partial charge in [0.25, 0.3) is 0 Å². The fraction of sp³-hybridized carbons (Fsp3) is 0.775. The van der Waals surface area contributed by atoms with Gasteiger partial charge in [-0.25, -0.2) is 0 Å². The number of hydrogen-bond donors (Lipinski definition) is 0. The number of likely N-dealkylation sites (tertiary alicyclic amines) is 4. The van der Waals surface area contributed by atoms with Crippen molar-refractivity contribution >= 4 is 114 Å². The number of para-hydroxylation sites is 1. The molecule has 29 nitrogen and oxygen atoms in total. The molecule has 1 saturated carbocycles. The summed E-state index contributed by atoms with van der Waals surface area (Å²) in [6, 6.07) is 11.8. The Morgan fingerprint density at radius 3 is 0.777 bits per heavy atom. The van der Waals surface area contributed by atoms with Crippen molar-refractivity contribution in [2.24, 2.45) is 80.8 Å². The van der Waals surface area contributed by atoms with Gasteiger partial charge in [0.1, 0.15) is 0 Å². The number of ether oxygens (including phenoxy) is 3. The Labute approximate surface area is 729 Å². The first-order chi connectivity index (χ1) is 55.8. The molecule has 7 rings (SSSR count). The highest BCUT2D eigenvalue weighted by Crippen LogP contribution is 2.35. The number of amides is 11. The molecule has 0 radical (unpaired) electrons. The number of rotatable bonds is 28. The predicted octanol–water partition coefficient (Wildman–Crippen LogP) is 14.2. The van der Waals surface area contributed by atoms with Crippen molar-refractivity contribution in [3.8, 4) is 0 Å². The standard InChI is InChI=1S/C12H19NO2.C12H13NO2.3C12H26O4Si.C8H17NO.3C7H11NO2/c2*1-8-9(2)12(15)13(11(8)14)10-6-4-3-5-7-10;3*1-7-12(2,3)11(13)16-9-8-10-17(6,14-4)15-5;1-6-8(2,3)7(10)9(4)5;3*1-4-5(2)7(10)8(3)6(4)9/h8-10H,3-7H2,1-2H3;3-9H,1-2H3;3*7-10H2,1-6H3;6H2,1-5H3;3*4-5H,1-3H3. The molecule has 5 aliphatic heterocycles. The van der Waals surface area contributed by atoms with Crippen LogP contribution in [0.4, 0.5) is 5.69 Å². The third-order valence-electron chi connectivity index (χ3n) is 25.3. The van der Waals surface area contributed by atoms with Gasteiger partial charge >= 0.3 is 43.6 Å². The Hall–Kier alpha value is -6.79. The molecule has 0 spiro atoms. The summed E-state index contributed by atoms with van der Waals surface area (Å²) in [4.78, 5) is 168. The van der Waals surface area contributed by atoms with Crippen molar-refractivity contribution in [2.75, 3.05) is 103 Å². The maximum atomic E-state index is 11.9. The molecule has 6 aliphatic rings. The van der Waals surface area contributed by atoms with Crippen LogP contribution in [-0.4, -0.2) is 237 Å². The van der Waals surface area contributed by atoms with Gasteiger partial charge in [-0.2, -0.15) is 0 Å². The zero-order chi connectivity index (χ0) is 94.6. The van der Waals surface area contributed by atoms with Crippen LogP contribution in [0.3, 0.4) is 0 Å². The van der Waals surface area contributed by atoms with Crippen molar-refractivity contribution in [3.05, 3.63) is 30.3 Å². The molecule has 6 fully saturated rings. The molecular formula is C89H160N6O23Si3. The van der Waals surface area contributed by atoms with E-state index in [0.29, 0.717) is 25.5 Å². The molecule has 1 aromatic rings. The SMILES string of the molecule is CC1C(=O)N(C)C(=O)C1C.CC1C(=O)N(C)C(=O)C1C.CC1C(=O)N(C)C(=O)C1C.CC1C(=O)N(C2CCCCC2)C(=O)C1C.CC1C(=O)N(c2ccccc2)C(=O)C1C.CCC(C)(C)C(=O)N(C)C.CCC(C)(C)C(=O)OCCC[Si](C)(OC)OC.CCC(C)(C)C(=O)OCCC[Si](C)(OC)OC.CCC(C)(C)C(=O)OCCC[Si](C)(OC)OC. The van der Waals surface area contributed by atoms with Crippen LogP contribution in [-0.2, 0) is 108 Å². The van der Waals surface area contributed by atoms with Crippen molar-refractivity contribution in [1.82, 2.24) is 24.5 Å². The van der Waals surface area contributed by atoms with Crippen LogP contribution < -0.4 is 4.90 Å². The van der Waals surface area contributed by atoms with Crippen LogP contribution in [0.25, 0.3) is 0 Å². The summed E-state index contributed by atoms with van der Waals surface area (Å²) in [7, 11) is 12.1. The van der Waals surface area contributed by atoms with Crippen molar-refractivity contribution in [3.63, 3.8) is 0 Å². The Morgan fingerprint density at radius 1 is 0.364 bits per heavy atom. The number of anilines is 1. The molecule has 10 unspecified atom stereocenters. The van der Waals surface area contributed by atoms with Crippen molar-refractivity contribution in [1.29, 1.82) is 0 Å². The molecule has 0 N–H and O–H groups in total. The fourth-order valence-electron chi connectivity index (χ4n) is 12.2. The zero-order valence-corrected chi connectivity index (χ0v) is 84.0. The Bertz CT molecular complexity index is 3170. The number of benzene rings is 1. The van der Waals surface area contributed by atoms with Crippen molar-refractivity contribution in [2.45, 2.75) is 273 Å². The Morgan fingerprint density at radius 2 is 0.587 bits per heavy atom. The first-order valence-corrected chi connectivity index (χ1v) is 50.6. The van der Waals surface area contributed by atoms with Crippen LogP contribution in [0.1, 0.15) is 229 Å². The molecule has 32 heteroatoms. The van der Waals surface area contributed by atoms with Gasteiger partial charge in [-0.3, -0.25) is 91.6 Å². The number of hydrogen-bond acceptors (Lipinski definition) is 23. The van der Waals surface area contributed by atoms with Gasteiger partial charge in [0.05, 0.1) is 41.8 Å². The van der Waals surface area contributed by atoms with E-state index in [1.54, 1.807) is 134 Å². The lowest BCUT2D eigenvalue weighted by molar-refractivity contribution is -0.154. The van der Waals surface area contributed by atoms with Crippen LogP contribution in [0.2, 0.25) is 37.8 Å². The smallest absolute Gasteiger partial charge is 0.334 e. The molecule has 1 aromatic carbocycles. The molecule has 696 valence electrons. The van der Waals surface area contributed by atoms with E-state index in [-0.39, 0.29) is 170 Å². The van der Waals surface area contributed by atoms with E-state index in [2.05, 4.69) is 0 Å². The molecule has 10 atom stereocenters. The minimum absolute atomic E-state index is 0.0550. The van der Waals surface area contributed by atoms with Gasteiger partial charge in [0, 0.05) is 149 Å². The lowest BCUT2D eigenvalue weighted by Crippen LogP contribution is -2.41. The molecular weight excluding hydrogens is 1610 g/mol. The molecule has 5 saturated heterocycles. The summed E-state index contributed by atoms with van der Waals surface area (Å²) < 4.78 is 47.9. The van der Waals surface area contributed by atoms with E-state index in [4.69, 9.17) is 40.8 Å². The number of imide groups is 5.